The molecule has 1 saturated heterocycles. The summed E-state index contributed by atoms with van der Waals surface area (Å²) in [5.74, 6) is 0.548. The minimum absolute atomic E-state index is 0.0484. The zero-order valence-corrected chi connectivity index (χ0v) is 10.8. The summed E-state index contributed by atoms with van der Waals surface area (Å²) in [6, 6.07) is 9.60. The van der Waals surface area contributed by atoms with Gasteiger partial charge in [0.15, 0.2) is 0 Å². The van der Waals surface area contributed by atoms with Gasteiger partial charge in [0.05, 0.1) is 0 Å². The van der Waals surface area contributed by atoms with Crippen LogP contribution in [0.15, 0.2) is 30.3 Å². The molecule has 0 aliphatic carbocycles. The van der Waals surface area contributed by atoms with E-state index in [2.05, 4.69) is 5.32 Å². The van der Waals surface area contributed by atoms with Crippen molar-refractivity contribution >= 4 is 11.7 Å². The topological polar surface area (TPSA) is 41.6 Å². The van der Waals surface area contributed by atoms with Crippen molar-refractivity contribution < 1.29 is 9.53 Å². The standard InChI is InChI=1S/C14H20N2O2/c1-16(13-5-3-2-4-6-13)14(17)15-11-12-7-9-18-10-8-12/h2-6,12H,7-11H2,1H3,(H,15,17). The molecule has 2 amide bonds. The third-order valence-electron chi connectivity index (χ3n) is 3.33. The first-order valence-corrected chi connectivity index (χ1v) is 6.41. The quantitative estimate of drug-likeness (QED) is 0.891. The predicted octanol–water partition coefficient (Wildman–Crippen LogP) is 2.26. The largest absolute Gasteiger partial charge is 0.381 e. The minimum Gasteiger partial charge on any atom is -0.381 e. The number of carbonyl (C=O) groups is 1. The molecule has 0 atom stereocenters. The third-order valence-corrected chi connectivity index (χ3v) is 3.33. The maximum atomic E-state index is 12.0. The number of amides is 2. The molecule has 0 unspecified atom stereocenters. The lowest BCUT2D eigenvalue weighted by Gasteiger charge is -2.24. The van der Waals surface area contributed by atoms with Crippen LogP contribution in [0.25, 0.3) is 0 Å². The molecule has 0 bridgehead atoms. The number of para-hydroxylation sites is 1. The molecular weight excluding hydrogens is 228 g/mol. The lowest BCUT2D eigenvalue weighted by Crippen LogP contribution is -2.40. The Morgan fingerprint density at radius 2 is 2.00 bits per heavy atom. The number of nitrogens with zero attached hydrogens (tertiary/aromatic N) is 1. The highest BCUT2D eigenvalue weighted by Crippen LogP contribution is 2.14. The van der Waals surface area contributed by atoms with E-state index in [1.54, 1.807) is 11.9 Å². The highest BCUT2D eigenvalue weighted by molar-refractivity contribution is 5.91. The van der Waals surface area contributed by atoms with Crippen LogP contribution in [0.2, 0.25) is 0 Å². The van der Waals surface area contributed by atoms with Crippen LogP contribution in [0.4, 0.5) is 10.5 Å². The summed E-state index contributed by atoms with van der Waals surface area (Å²) >= 11 is 0. The number of anilines is 1. The number of carbonyl (C=O) groups excluding carboxylic acids is 1. The summed E-state index contributed by atoms with van der Waals surface area (Å²) in [4.78, 5) is 13.6. The van der Waals surface area contributed by atoms with Gasteiger partial charge in [-0.15, -0.1) is 0 Å². The van der Waals surface area contributed by atoms with Crippen LogP contribution in [0.1, 0.15) is 12.8 Å². The highest BCUT2D eigenvalue weighted by Gasteiger charge is 2.16. The van der Waals surface area contributed by atoms with E-state index in [4.69, 9.17) is 4.74 Å². The molecule has 1 aliphatic heterocycles. The third kappa shape index (κ3) is 3.47. The van der Waals surface area contributed by atoms with Crippen molar-refractivity contribution in [1.82, 2.24) is 5.32 Å². The molecule has 1 N–H and O–H groups in total. The molecule has 0 aromatic heterocycles. The molecule has 0 radical (unpaired) electrons. The average Bonchev–Trinajstić information content (AvgIpc) is 2.46. The molecule has 0 spiro atoms. The lowest BCUT2D eigenvalue weighted by atomic mass is 10.0. The number of benzene rings is 1. The van der Waals surface area contributed by atoms with Gasteiger partial charge in [0.1, 0.15) is 0 Å². The summed E-state index contributed by atoms with van der Waals surface area (Å²) in [5, 5.41) is 2.98. The van der Waals surface area contributed by atoms with Crippen molar-refractivity contribution in [2.24, 2.45) is 5.92 Å². The maximum Gasteiger partial charge on any atom is 0.321 e. The van der Waals surface area contributed by atoms with Gasteiger partial charge in [0.25, 0.3) is 0 Å². The molecule has 1 aromatic rings. The van der Waals surface area contributed by atoms with Crippen molar-refractivity contribution in [3.63, 3.8) is 0 Å². The van der Waals surface area contributed by atoms with Crippen LogP contribution >= 0.6 is 0 Å². The number of nitrogens with one attached hydrogen (secondary N) is 1. The van der Waals surface area contributed by atoms with E-state index in [1.165, 1.54) is 0 Å². The molecular formula is C14H20N2O2. The molecule has 2 rings (SSSR count). The number of hydrogen-bond acceptors (Lipinski definition) is 2. The number of urea groups is 1. The molecule has 4 nitrogen and oxygen atoms in total. The van der Waals surface area contributed by atoms with Crippen molar-refractivity contribution in [3.8, 4) is 0 Å². The van der Waals surface area contributed by atoms with Crippen LogP contribution in [0.5, 0.6) is 0 Å². The van der Waals surface area contributed by atoms with Gasteiger partial charge in [-0.1, -0.05) is 18.2 Å². The first-order chi connectivity index (χ1) is 8.77. The van der Waals surface area contributed by atoms with E-state index < -0.39 is 0 Å². The van der Waals surface area contributed by atoms with E-state index in [1.807, 2.05) is 30.3 Å². The van der Waals surface area contributed by atoms with Crippen LogP contribution in [0.3, 0.4) is 0 Å². The van der Waals surface area contributed by atoms with Gasteiger partial charge in [-0.2, -0.15) is 0 Å². The number of ether oxygens (including phenoxy) is 1. The van der Waals surface area contributed by atoms with Gasteiger partial charge < -0.3 is 10.1 Å². The predicted molar refractivity (Wildman–Crippen MR) is 71.8 cm³/mol. The summed E-state index contributed by atoms with van der Waals surface area (Å²) in [7, 11) is 1.79. The molecule has 1 heterocycles. The van der Waals surface area contributed by atoms with Crippen molar-refractivity contribution in [2.45, 2.75) is 12.8 Å². The van der Waals surface area contributed by atoms with Gasteiger partial charge in [0, 0.05) is 32.5 Å². The molecule has 4 heteroatoms. The van der Waals surface area contributed by atoms with Gasteiger partial charge >= 0.3 is 6.03 Å². The second kappa shape index (κ2) is 6.40. The van der Waals surface area contributed by atoms with Crippen molar-refractivity contribution in [3.05, 3.63) is 30.3 Å². The van der Waals surface area contributed by atoms with Crippen LogP contribution in [-0.2, 0) is 4.74 Å². The Balaban J connectivity index is 1.80. The Hall–Kier alpha value is -1.55. The fourth-order valence-electron chi connectivity index (χ4n) is 2.07. The zero-order chi connectivity index (χ0) is 12.8. The van der Waals surface area contributed by atoms with Crippen molar-refractivity contribution in [1.29, 1.82) is 0 Å². The van der Waals surface area contributed by atoms with Gasteiger partial charge in [-0.25, -0.2) is 4.79 Å². The average molecular weight is 248 g/mol. The summed E-state index contributed by atoms with van der Waals surface area (Å²) in [6.45, 7) is 2.36. The zero-order valence-electron chi connectivity index (χ0n) is 10.8. The van der Waals surface area contributed by atoms with E-state index in [-0.39, 0.29) is 6.03 Å². The Bertz CT molecular complexity index is 375. The summed E-state index contributed by atoms with van der Waals surface area (Å²) in [5.41, 5.74) is 0.905. The molecule has 1 fully saturated rings. The monoisotopic (exact) mass is 248 g/mol. The Kier molecular flexibility index (Phi) is 4.59. The highest BCUT2D eigenvalue weighted by atomic mass is 16.5. The van der Waals surface area contributed by atoms with E-state index in [0.29, 0.717) is 5.92 Å². The second-order valence-corrected chi connectivity index (χ2v) is 4.64. The Labute approximate surface area is 108 Å². The van der Waals surface area contributed by atoms with Crippen molar-refractivity contribution in [2.75, 3.05) is 31.7 Å². The van der Waals surface area contributed by atoms with E-state index in [9.17, 15) is 4.79 Å². The molecule has 1 aromatic carbocycles. The Morgan fingerprint density at radius 3 is 2.67 bits per heavy atom. The van der Waals surface area contributed by atoms with Gasteiger partial charge in [-0.3, -0.25) is 4.90 Å². The fraction of sp³-hybridized carbons (Fsp3) is 0.500. The van der Waals surface area contributed by atoms with E-state index >= 15 is 0 Å². The fourth-order valence-corrected chi connectivity index (χ4v) is 2.07. The molecule has 1 aliphatic rings. The van der Waals surface area contributed by atoms with Gasteiger partial charge in [0.2, 0.25) is 0 Å². The van der Waals surface area contributed by atoms with E-state index in [0.717, 1.165) is 38.3 Å². The lowest BCUT2D eigenvalue weighted by molar-refractivity contribution is 0.0670. The summed E-state index contributed by atoms with van der Waals surface area (Å²) in [6.07, 6.45) is 2.07. The SMILES string of the molecule is CN(C(=O)NCC1CCOCC1)c1ccccc1. The maximum absolute atomic E-state index is 12.0. The molecule has 0 saturated carbocycles. The Morgan fingerprint density at radius 1 is 1.33 bits per heavy atom. The molecule has 98 valence electrons. The van der Waals surface area contributed by atoms with Crippen LogP contribution < -0.4 is 10.2 Å². The summed E-state index contributed by atoms with van der Waals surface area (Å²) < 4.78 is 5.30. The number of hydrogen-bond donors (Lipinski definition) is 1. The smallest absolute Gasteiger partial charge is 0.321 e. The first kappa shape index (κ1) is 12.9. The second-order valence-electron chi connectivity index (χ2n) is 4.64. The number of rotatable bonds is 3. The first-order valence-electron chi connectivity index (χ1n) is 6.41. The normalized spacial score (nSPS) is 16.3. The van der Waals surface area contributed by atoms with Crippen LogP contribution in [-0.4, -0.2) is 32.8 Å². The molecule has 18 heavy (non-hydrogen) atoms. The van der Waals surface area contributed by atoms with Gasteiger partial charge in [-0.05, 0) is 30.9 Å². The van der Waals surface area contributed by atoms with Crippen LogP contribution in [0, 0.1) is 5.92 Å². The minimum atomic E-state index is -0.0484.